The van der Waals surface area contributed by atoms with Gasteiger partial charge in [0, 0.05) is 109 Å². The maximum Gasteiger partial charge on any atom is 0.226 e. The van der Waals surface area contributed by atoms with E-state index in [1.807, 2.05) is 71.3 Å². The van der Waals surface area contributed by atoms with Crippen molar-refractivity contribution in [2.24, 2.45) is 210 Å². The molecule has 794 valence electrons. The average Bonchev–Trinajstić information content (AvgIpc) is 0.683. The van der Waals surface area contributed by atoms with Crippen molar-refractivity contribution in [1.29, 1.82) is 0 Å². The largest absolute Gasteiger partial charge is 0.384 e. The van der Waals surface area contributed by atoms with Crippen LogP contribution >= 0.6 is 0 Å². The second-order valence-electron chi connectivity index (χ2n) is 59.3. The van der Waals surface area contributed by atoms with E-state index >= 15 is 0 Å². The Balaban J connectivity index is 0.000000128. The molecule has 0 heterocycles. The molecule has 2 amide bonds. The normalized spacial score (nSPS) is 48.5. The van der Waals surface area contributed by atoms with Crippen LogP contribution in [0.25, 0.3) is 19.4 Å². The molecular weight excluding hydrogens is 1810 g/mol. The average molecular weight is 1990 g/mol. The van der Waals surface area contributed by atoms with Gasteiger partial charge in [-0.15, -0.1) is 0 Å². The molecule has 0 aromatic rings. The Kier molecular flexibility index (Phi) is 26.6. The zero-order valence-corrected chi connectivity index (χ0v) is 94.6. The highest BCUT2D eigenvalue weighted by atomic mass is 16.5. The van der Waals surface area contributed by atoms with Crippen LogP contribution in [0.4, 0.5) is 0 Å². The van der Waals surface area contributed by atoms with Crippen LogP contribution in [-0.4, -0.2) is 96.1 Å². The quantitative estimate of drug-likeness (QED) is 0.216. The number of ether oxygens (including phenoxy) is 2. The number of nitrogens with one attached hydrogen (secondary N) is 2. The lowest BCUT2D eigenvalue weighted by atomic mass is 9.32. The third-order valence-electron chi connectivity index (χ3n) is 50.8. The predicted octanol–water partition coefficient (Wildman–Crippen LogP) is 27.1. The number of methoxy groups -OCH3 is 1. The Hall–Kier alpha value is -7.38. The van der Waals surface area contributed by atoms with Crippen LogP contribution in [0.2, 0.25) is 0 Å². The number of carbonyl (C=O) groups is 10. The molecule has 0 aromatic heterocycles. The first-order chi connectivity index (χ1) is 67.9. The molecular formula is C128H180N6O12. The highest BCUT2D eigenvalue weighted by Gasteiger charge is 2.77. The lowest BCUT2D eigenvalue weighted by molar-refractivity contribution is -0.225. The fourth-order valence-electron chi connectivity index (χ4n) is 41.4. The van der Waals surface area contributed by atoms with Crippen LogP contribution in [0.3, 0.4) is 0 Å². The topological polar surface area (TPSA) is 231 Å². The van der Waals surface area contributed by atoms with Crippen molar-refractivity contribution in [3.05, 3.63) is 116 Å². The van der Waals surface area contributed by atoms with Gasteiger partial charge in [-0.05, 0) is 358 Å². The van der Waals surface area contributed by atoms with Crippen LogP contribution in [0.5, 0.6) is 0 Å². The van der Waals surface area contributed by atoms with Crippen LogP contribution < -0.4 is 10.6 Å². The fourth-order valence-corrected chi connectivity index (χ4v) is 41.4. The van der Waals surface area contributed by atoms with Crippen molar-refractivity contribution in [3.63, 3.8) is 0 Å². The maximum atomic E-state index is 14.5. The second kappa shape index (κ2) is 35.9. The summed E-state index contributed by atoms with van der Waals surface area (Å²) < 4.78 is 12.0. The predicted molar refractivity (Wildman–Crippen MR) is 569 cm³/mol. The van der Waals surface area contributed by atoms with Gasteiger partial charge in [0.05, 0.1) is 39.5 Å². The van der Waals surface area contributed by atoms with E-state index < -0.39 is 10.8 Å². The van der Waals surface area contributed by atoms with Gasteiger partial charge in [0.2, 0.25) is 34.6 Å². The third kappa shape index (κ3) is 15.6. The summed E-state index contributed by atoms with van der Waals surface area (Å²) >= 11 is 0. The van der Waals surface area contributed by atoms with E-state index in [9.17, 15) is 47.9 Å². The minimum absolute atomic E-state index is 0.000277. The van der Waals surface area contributed by atoms with E-state index in [0.717, 1.165) is 211 Å². The maximum absolute atomic E-state index is 14.5. The summed E-state index contributed by atoms with van der Waals surface area (Å²) in [6.07, 6.45) is 44.9. The molecule has 15 fully saturated rings. The fraction of sp³-hybridized carbons (Fsp3) is 0.797. The molecule has 2 N–H and O–H groups in total. The molecule has 15 saturated carbocycles. The molecule has 0 aromatic carbocycles. The molecule has 21 aliphatic rings. The number of allylic oxidation sites excluding steroid dienone is 12. The van der Waals surface area contributed by atoms with Crippen molar-refractivity contribution in [2.75, 3.05) is 26.9 Å². The Morgan fingerprint density at radius 2 is 0.685 bits per heavy atom. The number of hydrogen-bond donors (Lipinski definition) is 2. The van der Waals surface area contributed by atoms with Crippen LogP contribution in [0.15, 0.2) is 70.4 Å². The number of nitrogens with zero attached hydrogens (tertiary/aromatic N) is 4. The summed E-state index contributed by atoms with van der Waals surface area (Å²) in [4.78, 5) is 150. The minimum Gasteiger partial charge on any atom is -0.384 e. The first-order valence-electron chi connectivity index (χ1n) is 57.8. The van der Waals surface area contributed by atoms with Crippen molar-refractivity contribution in [1.82, 2.24) is 10.6 Å². The van der Waals surface area contributed by atoms with E-state index in [4.69, 9.17) is 35.8 Å². The van der Waals surface area contributed by atoms with Gasteiger partial charge in [0.1, 0.15) is 11.6 Å². The smallest absolute Gasteiger partial charge is 0.226 e. The van der Waals surface area contributed by atoms with E-state index in [1.54, 1.807) is 6.92 Å². The van der Waals surface area contributed by atoms with E-state index in [2.05, 4.69) is 175 Å². The molecule has 21 aliphatic carbocycles. The zero-order valence-electron chi connectivity index (χ0n) is 94.6. The van der Waals surface area contributed by atoms with Crippen LogP contribution in [-0.2, 0) is 57.4 Å². The SMILES string of the molecule is [C-]#[N+]C1=C[C@]2(C)C3=CC(=O)[C@@H]4[C@@H]5CC(C)(C)CC[C@]5(NC(=O)C5CCC5)CC[C@@]4(C)[C@]3(C)CC[C@H]2[C@H](C)C1=O.[C-]#[N+]C1=C[C@]2(C)C3=CC(=O)[C@@H]4[C@@H]5CC(C)(C)CC[C@]5(NC(C)=O)CC[C@@]4(C)[C@]3(C)CC[C@H]2[C@H](C)C1=O.[C-]#[N+]C1=C[C@]2(C)[C@H]3CC(=O)[C@@H]4[C@@H]5CC(C)(C)CC[C@]5(COC)CC[C@@]4(C)[C@]3(C)CC[C@H]2[C@H](C)C1=O.[C-]#[N+]C1=C[C@]2(C)[C@H]3CC(=O)[C@@H]4[C@@H]5CC(C)(C)CC[C@]5(COCC)CC[C@@]4(C)[C@]3(C)CC[C@H]2[C@H](C)C1=O. The highest BCUT2D eigenvalue weighted by molar-refractivity contribution is 6.04. The molecule has 18 heteroatoms. The lowest BCUT2D eigenvalue weighted by Gasteiger charge is -2.71. The number of Topliss-reactive ketones (excluding diaryl/α,β-unsaturated/α-hetero) is 6. The van der Waals surface area contributed by atoms with E-state index in [-0.39, 0.29) is 256 Å². The van der Waals surface area contributed by atoms with Crippen molar-refractivity contribution in [3.8, 4) is 0 Å². The van der Waals surface area contributed by atoms with Gasteiger partial charge in [-0.3, -0.25) is 28.8 Å². The first-order valence-corrected chi connectivity index (χ1v) is 57.8. The Labute approximate surface area is 876 Å². The zero-order chi connectivity index (χ0) is 107. The van der Waals surface area contributed by atoms with Crippen molar-refractivity contribution >= 4 is 58.1 Å². The summed E-state index contributed by atoms with van der Waals surface area (Å²) in [5, 5.41) is 6.99. The third-order valence-corrected chi connectivity index (χ3v) is 50.8. The minimum atomic E-state index is -0.470. The number of amides is 2. The molecule has 0 aliphatic heterocycles. The summed E-state index contributed by atoms with van der Waals surface area (Å²) in [6, 6.07) is 0. The van der Waals surface area contributed by atoms with E-state index in [0.29, 0.717) is 47.6 Å². The lowest BCUT2D eigenvalue weighted by Crippen LogP contribution is -2.70. The second-order valence-corrected chi connectivity index (χ2v) is 59.3. The Morgan fingerprint density at radius 3 is 1.03 bits per heavy atom. The first kappa shape index (κ1) is 108. The summed E-state index contributed by atoms with van der Waals surface area (Å²) in [6.45, 7) is 91.7. The standard InChI is InChI=1S/C34H46N2O3.C32H47NO3.C31H42N2O3.C31H45NO3/c1-20-22-11-12-32(5)26(31(22,4)19-24(35-7)28(20)38)17-25(37)27-23-18-30(2,3)13-15-34(23,16-14-33(27,32)6)36-29(39)21-9-8-10-21;1-9-36-19-32-14-12-28(3,4)17-22(32)26-24(34)16-25-29(5)18-23(33-8)27(35)20(2)21(29)10-11-30(25,6)31(26,7)13-15-32;1-18-20-9-10-29(6)24(28(20,5)17-22(32-8)26(18)36)15-23(35)25-21-16-27(3,4)11-13-31(21,33-19(2)34)14-12-30(25,29)7;1-19-20-9-10-29(5)24(28(20,4)17-22(32-7)26(19)34)15-23(33)25-21-16-27(2,3)11-13-31(21,18-35-8)14-12-30(25,29)6/h17,19-23,27H,8-16,18H2,1-6H3,(H,36,39);18,20-22,25-26H,9-17,19H2,1-7H3;15,17-18,20-21,25H,9-14,16H2,1-7H3,(H,33,34);17,19-21,24-25H,9-16,18H2,1-6,8H3/t20-,22-,23-,27-,31-,32+,33+,34-;20-,21-,22-,25+,26-,29-,30+,31+,32+;18-,20-,21-,25-,28-,29+,30+,31-;19-,20-,21-,24+,25-,28-,29+,30+,31+/m0000/s1. The Bertz CT molecular complexity index is 5860. The highest BCUT2D eigenvalue weighted by Crippen LogP contribution is 2.81. The summed E-state index contributed by atoms with van der Waals surface area (Å²) in [7, 11) is 1.83. The van der Waals surface area contributed by atoms with Crippen molar-refractivity contribution < 1.29 is 57.4 Å². The Morgan fingerprint density at radius 1 is 0.363 bits per heavy atom. The molecule has 34 atom stereocenters. The van der Waals surface area contributed by atoms with Crippen LogP contribution in [0.1, 0.15) is 392 Å². The number of fused-ring (bicyclic) bond motifs is 28. The summed E-state index contributed by atoms with van der Waals surface area (Å²) in [5.41, 5.74) is 1.30. The molecule has 0 spiro atoms. The number of carbonyl (C=O) groups excluding carboxylic acids is 10. The number of ketones is 8. The van der Waals surface area contributed by atoms with Gasteiger partial charge in [-0.1, -0.05) is 208 Å². The van der Waals surface area contributed by atoms with E-state index in [1.165, 1.54) is 19.3 Å². The van der Waals surface area contributed by atoms with Gasteiger partial charge in [-0.25, -0.2) is 19.4 Å². The van der Waals surface area contributed by atoms with Gasteiger partial charge in [0.15, 0.2) is 34.7 Å². The van der Waals surface area contributed by atoms with Gasteiger partial charge < -0.3 is 39.3 Å². The molecule has 0 bridgehead atoms. The number of hydrogen-bond acceptors (Lipinski definition) is 12. The van der Waals surface area contributed by atoms with Gasteiger partial charge in [-0.2, -0.15) is 0 Å². The van der Waals surface area contributed by atoms with Crippen LogP contribution in [0, 0.1) is 236 Å². The van der Waals surface area contributed by atoms with Gasteiger partial charge in [0.25, 0.3) is 0 Å². The van der Waals surface area contributed by atoms with Crippen molar-refractivity contribution in [2.45, 2.75) is 403 Å². The number of rotatable bonds is 8. The molecule has 0 radical (unpaired) electrons. The molecule has 0 saturated heterocycles. The molecule has 0 unspecified atom stereocenters. The summed E-state index contributed by atoms with van der Waals surface area (Å²) in [5.74, 6) is 2.76. The molecule has 18 nitrogen and oxygen atoms in total. The monoisotopic (exact) mass is 1990 g/mol. The van der Waals surface area contributed by atoms with Gasteiger partial charge >= 0.3 is 0 Å². The molecule has 146 heavy (non-hydrogen) atoms. The molecule has 21 rings (SSSR count).